The fourth-order valence-electron chi connectivity index (χ4n) is 2.21. The van der Waals surface area contributed by atoms with Gasteiger partial charge in [0.05, 0.1) is 16.7 Å². The summed E-state index contributed by atoms with van der Waals surface area (Å²) in [5.74, 6) is -1.92. The molecule has 0 aliphatic carbocycles. The zero-order chi connectivity index (χ0) is 18.7. The molecule has 0 radical (unpaired) electrons. The van der Waals surface area contributed by atoms with Crippen molar-refractivity contribution in [3.63, 3.8) is 0 Å². The lowest BCUT2D eigenvalue weighted by molar-refractivity contribution is -0.127. The van der Waals surface area contributed by atoms with Crippen LogP contribution >= 0.6 is 11.8 Å². The van der Waals surface area contributed by atoms with Gasteiger partial charge in [0.2, 0.25) is 5.91 Å². The van der Waals surface area contributed by atoms with Crippen molar-refractivity contribution in [2.24, 2.45) is 0 Å². The lowest BCUT2D eigenvalue weighted by atomic mass is 10.2. The number of nitrogens with one attached hydrogen (secondary N) is 1. The quantitative estimate of drug-likeness (QED) is 0.775. The number of carbonyl (C=O) groups excluding carboxylic acids is 3. The third-order valence-corrected chi connectivity index (χ3v) is 4.29. The van der Waals surface area contributed by atoms with Gasteiger partial charge in [-0.3, -0.25) is 19.3 Å². The topological polar surface area (TPSA) is 117 Å². The molecule has 3 amide bonds. The van der Waals surface area contributed by atoms with Crippen molar-refractivity contribution in [2.45, 2.75) is 0 Å². The number of carboxylic acids is 1. The standard InChI is InChI=1S/C17H12N2O6S/c20-14(18-11-4-1-3-10(7-11)16(22)23)9-19-15(21)13(26-17(19)24)8-12-5-2-6-25-12/h1-8H,9H2,(H,18,20)(H,22,23)/b13-8+. The van der Waals surface area contributed by atoms with Gasteiger partial charge in [0.15, 0.2) is 0 Å². The Morgan fingerprint density at radius 2 is 2.04 bits per heavy atom. The molecular formula is C17H12N2O6S. The number of hydrogen-bond acceptors (Lipinski definition) is 6. The summed E-state index contributed by atoms with van der Waals surface area (Å²) in [6.45, 7) is -0.475. The molecule has 2 aromatic rings. The number of imide groups is 1. The summed E-state index contributed by atoms with van der Waals surface area (Å²) < 4.78 is 5.11. The number of thioether (sulfide) groups is 1. The van der Waals surface area contributed by atoms with Crippen molar-refractivity contribution in [3.05, 3.63) is 58.9 Å². The van der Waals surface area contributed by atoms with E-state index in [1.165, 1.54) is 36.6 Å². The Hall–Kier alpha value is -3.33. The Bertz CT molecular complexity index is 919. The van der Waals surface area contributed by atoms with Crippen LogP contribution in [-0.2, 0) is 9.59 Å². The van der Waals surface area contributed by atoms with Crippen LogP contribution in [0.2, 0.25) is 0 Å². The average Bonchev–Trinajstić information content (AvgIpc) is 3.19. The van der Waals surface area contributed by atoms with Crippen molar-refractivity contribution >= 4 is 46.5 Å². The Kier molecular flexibility index (Phi) is 4.90. The van der Waals surface area contributed by atoms with Gasteiger partial charge >= 0.3 is 5.97 Å². The minimum Gasteiger partial charge on any atom is -0.478 e. The highest BCUT2D eigenvalue weighted by molar-refractivity contribution is 8.18. The second-order valence-corrected chi connectivity index (χ2v) is 6.21. The Balaban J connectivity index is 1.67. The van der Waals surface area contributed by atoms with E-state index in [1.807, 2.05) is 0 Å². The molecule has 0 bridgehead atoms. The first-order chi connectivity index (χ1) is 12.4. The van der Waals surface area contributed by atoms with Crippen molar-refractivity contribution in [2.75, 3.05) is 11.9 Å². The molecule has 9 heteroatoms. The van der Waals surface area contributed by atoms with E-state index in [1.54, 1.807) is 12.1 Å². The normalized spacial score (nSPS) is 15.5. The van der Waals surface area contributed by atoms with E-state index in [0.29, 0.717) is 17.5 Å². The zero-order valence-electron chi connectivity index (χ0n) is 13.2. The van der Waals surface area contributed by atoms with Gasteiger partial charge in [-0.15, -0.1) is 0 Å². The third-order valence-electron chi connectivity index (χ3n) is 3.39. The summed E-state index contributed by atoms with van der Waals surface area (Å²) >= 11 is 0.716. The molecule has 1 fully saturated rings. The van der Waals surface area contributed by atoms with Gasteiger partial charge in [-0.25, -0.2) is 4.79 Å². The van der Waals surface area contributed by atoms with Gasteiger partial charge in [-0.2, -0.15) is 0 Å². The average molecular weight is 372 g/mol. The Morgan fingerprint density at radius 1 is 1.23 bits per heavy atom. The van der Waals surface area contributed by atoms with Crippen LogP contribution in [0.4, 0.5) is 10.5 Å². The van der Waals surface area contributed by atoms with Gasteiger partial charge in [0, 0.05) is 11.8 Å². The van der Waals surface area contributed by atoms with Crippen LogP contribution in [0, 0.1) is 0 Å². The predicted molar refractivity (Wildman–Crippen MR) is 93.4 cm³/mol. The van der Waals surface area contributed by atoms with Crippen molar-refractivity contribution in [1.82, 2.24) is 4.90 Å². The number of amides is 3. The lowest BCUT2D eigenvalue weighted by Crippen LogP contribution is -2.36. The predicted octanol–water partition coefficient (Wildman–Crippen LogP) is 2.65. The highest BCUT2D eigenvalue weighted by Crippen LogP contribution is 2.32. The molecule has 2 heterocycles. The number of benzene rings is 1. The SMILES string of the molecule is O=C(CN1C(=O)S/C(=C/c2ccco2)C1=O)Nc1cccc(C(=O)O)c1. The van der Waals surface area contributed by atoms with E-state index >= 15 is 0 Å². The number of anilines is 1. The van der Waals surface area contributed by atoms with Crippen LogP contribution in [-0.4, -0.2) is 39.6 Å². The van der Waals surface area contributed by atoms with Gasteiger partial charge in [-0.05, 0) is 42.1 Å². The fourth-order valence-corrected chi connectivity index (χ4v) is 3.03. The molecule has 0 unspecified atom stereocenters. The van der Waals surface area contributed by atoms with Crippen LogP contribution in [0.25, 0.3) is 6.08 Å². The molecule has 1 aliphatic heterocycles. The summed E-state index contributed by atoms with van der Waals surface area (Å²) in [4.78, 5) is 48.3. The molecule has 1 saturated heterocycles. The minimum absolute atomic E-state index is 0.00958. The van der Waals surface area contributed by atoms with Crippen molar-refractivity contribution in [1.29, 1.82) is 0 Å². The molecule has 132 valence electrons. The molecule has 0 saturated carbocycles. The summed E-state index contributed by atoms with van der Waals surface area (Å²) in [6.07, 6.45) is 2.87. The molecular weight excluding hydrogens is 360 g/mol. The molecule has 1 aliphatic rings. The number of carbonyl (C=O) groups is 4. The van der Waals surface area contributed by atoms with Crippen LogP contribution in [0.1, 0.15) is 16.1 Å². The maximum Gasteiger partial charge on any atom is 0.335 e. The molecule has 1 aromatic heterocycles. The summed E-state index contributed by atoms with van der Waals surface area (Å²) in [7, 11) is 0. The van der Waals surface area contributed by atoms with E-state index in [0.717, 1.165) is 4.90 Å². The van der Waals surface area contributed by atoms with Gasteiger partial charge < -0.3 is 14.8 Å². The smallest absolute Gasteiger partial charge is 0.335 e. The number of furan rings is 1. The Labute approximate surface area is 151 Å². The summed E-state index contributed by atoms with van der Waals surface area (Å²) in [6, 6.07) is 8.93. The summed E-state index contributed by atoms with van der Waals surface area (Å²) in [5.41, 5.74) is 0.267. The van der Waals surface area contributed by atoms with Gasteiger partial charge in [0.25, 0.3) is 11.1 Å². The molecule has 3 rings (SSSR count). The Morgan fingerprint density at radius 3 is 2.73 bits per heavy atom. The first-order valence-electron chi connectivity index (χ1n) is 7.36. The van der Waals surface area contributed by atoms with Crippen molar-refractivity contribution in [3.8, 4) is 0 Å². The fraction of sp³-hybridized carbons (Fsp3) is 0.0588. The molecule has 2 N–H and O–H groups in total. The summed E-state index contributed by atoms with van der Waals surface area (Å²) in [5, 5.41) is 10.9. The van der Waals surface area contributed by atoms with Crippen LogP contribution in [0.5, 0.6) is 0 Å². The van der Waals surface area contributed by atoms with E-state index in [9.17, 15) is 19.2 Å². The molecule has 26 heavy (non-hydrogen) atoms. The number of carboxylic acid groups (broad SMARTS) is 1. The second kappa shape index (κ2) is 7.28. The molecule has 0 spiro atoms. The van der Waals surface area contributed by atoms with E-state index in [4.69, 9.17) is 9.52 Å². The van der Waals surface area contributed by atoms with Gasteiger partial charge in [-0.1, -0.05) is 6.07 Å². The number of nitrogens with zero attached hydrogens (tertiary/aromatic N) is 1. The van der Waals surface area contributed by atoms with E-state index in [2.05, 4.69) is 5.32 Å². The molecule has 0 atom stereocenters. The zero-order valence-corrected chi connectivity index (χ0v) is 14.0. The second-order valence-electron chi connectivity index (χ2n) is 5.22. The largest absolute Gasteiger partial charge is 0.478 e. The lowest BCUT2D eigenvalue weighted by Gasteiger charge is -2.12. The van der Waals surface area contributed by atoms with Crippen LogP contribution < -0.4 is 5.32 Å². The molecule has 1 aromatic carbocycles. The maximum absolute atomic E-state index is 12.3. The van der Waals surface area contributed by atoms with E-state index < -0.39 is 29.6 Å². The van der Waals surface area contributed by atoms with E-state index in [-0.39, 0.29) is 16.2 Å². The highest BCUT2D eigenvalue weighted by Gasteiger charge is 2.36. The van der Waals surface area contributed by atoms with Crippen molar-refractivity contribution < 1.29 is 28.7 Å². The first-order valence-corrected chi connectivity index (χ1v) is 8.18. The number of rotatable bonds is 5. The minimum atomic E-state index is -1.13. The van der Waals surface area contributed by atoms with Crippen LogP contribution in [0.15, 0.2) is 52.0 Å². The highest BCUT2D eigenvalue weighted by atomic mass is 32.2. The third kappa shape index (κ3) is 3.83. The van der Waals surface area contributed by atoms with Crippen LogP contribution in [0.3, 0.4) is 0 Å². The molecule has 8 nitrogen and oxygen atoms in total. The van der Waals surface area contributed by atoms with Gasteiger partial charge in [0.1, 0.15) is 12.3 Å². The first kappa shape index (κ1) is 17.5. The maximum atomic E-state index is 12.3. The number of hydrogen-bond donors (Lipinski definition) is 2. The number of aromatic carboxylic acids is 1. The monoisotopic (exact) mass is 372 g/mol.